The first-order valence-electron chi connectivity index (χ1n) is 10.6. The third-order valence-electron chi connectivity index (χ3n) is 5.60. The number of anilines is 1. The summed E-state index contributed by atoms with van der Waals surface area (Å²) in [5.41, 5.74) is 4.65. The van der Waals surface area contributed by atoms with Crippen LogP contribution in [0.2, 0.25) is 0 Å². The lowest BCUT2D eigenvalue weighted by molar-refractivity contribution is 0.104. The summed E-state index contributed by atoms with van der Waals surface area (Å²) in [6.07, 6.45) is 3.28. The zero-order valence-corrected chi connectivity index (χ0v) is 19.3. The minimum atomic E-state index is -0.0981. The molecular weight excluding hydrogens is 418 g/mol. The van der Waals surface area contributed by atoms with Crippen molar-refractivity contribution in [3.63, 3.8) is 0 Å². The molecule has 3 aromatic carbocycles. The van der Waals surface area contributed by atoms with Crippen LogP contribution in [0.5, 0.6) is 23.0 Å². The number of ether oxygens (including phenoxy) is 4. The third-order valence-corrected chi connectivity index (χ3v) is 5.60. The summed E-state index contributed by atoms with van der Waals surface area (Å²) in [6.45, 7) is 3.22. The third kappa shape index (κ3) is 4.80. The molecule has 6 nitrogen and oxygen atoms in total. The molecular formula is C27H27NO5. The molecule has 0 N–H and O–H groups in total. The van der Waals surface area contributed by atoms with Crippen molar-refractivity contribution in [3.8, 4) is 23.0 Å². The van der Waals surface area contributed by atoms with Gasteiger partial charge < -0.3 is 23.8 Å². The number of ketones is 1. The Morgan fingerprint density at radius 2 is 1.64 bits per heavy atom. The molecule has 0 spiro atoms. The Morgan fingerprint density at radius 3 is 2.27 bits per heavy atom. The molecule has 0 amide bonds. The highest BCUT2D eigenvalue weighted by molar-refractivity contribution is 6.07. The first-order chi connectivity index (χ1) is 16.0. The standard InChI is InChI=1S/C27H27NO5/c1-18-5-9-22(10-6-18)28-16-21-15-20(8-12-24(21)33-17-28)23(29)11-7-19-13-25(30-2)27(32-4)26(14-19)31-3/h5-15H,16-17H2,1-4H3/b11-7+. The lowest BCUT2D eigenvalue weighted by Crippen LogP contribution is -2.31. The zero-order chi connectivity index (χ0) is 23.4. The second kappa shape index (κ2) is 9.69. The summed E-state index contributed by atoms with van der Waals surface area (Å²) < 4.78 is 22.0. The second-order valence-corrected chi connectivity index (χ2v) is 7.79. The molecule has 170 valence electrons. The summed E-state index contributed by atoms with van der Waals surface area (Å²) in [7, 11) is 4.68. The second-order valence-electron chi connectivity index (χ2n) is 7.79. The van der Waals surface area contributed by atoms with Gasteiger partial charge in [0.15, 0.2) is 24.0 Å². The minimum Gasteiger partial charge on any atom is -0.493 e. The van der Waals surface area contributed by atoms with Gasteiger partial charge in [0.05, 0.1) is 21.3 Å². The van der Waals surface area contributed by atoms with Crippen molar-refractivity contribution in [1.29, 1.82) is 0 Å². The van der Waals surface area contributed by atoms with Gasteiger partial charge in [0, 0.05) is 23.4 Å². The van der Waals surface area contributed by atoms with E-state index in [1.165, 1.54) is 5.56 Å². The van der Waals surface area contributed by atoms with Crippen LogP contribution in [0.25, 0.3) is 6.08 Å². The minimum absolute atomic E-state index is 0.0981. The number of methoxy groups -OCH3 is 3. The quantitative estimate of drug-likeness (QED) is 0.365. The van der Waals surface area contributed by atoms with Crippen molar-refractivity contribution in [3.05, 3.63) is 82.9 Å². The van der Waals surface area contributed by atoms with Crippen LogP contribution in [0.4, 0.5) is 5.69 Å². The van der Waals surface area contributed by atoms with E-state index in [2.05, 4.69) is 36.1 Å². The smallest absolute Gasteiger partial charge is 0.203 e. The molecule has 0 aliphatic carbocycles. The molecule has 1 heterocycles. The number of hydrogen-bond donors (Lipinski definition) is 0. The fraction of sp³-hybridized carbons (Fsp3) is 0.222. The first-order valence-corrected chi connectivity index (χ1v) is 10.6. The number of carbonyl (C=O) groups is 1. The Labute approximate surface area is 194 Å². The van der Waals surface area contributed by atoms with Crippen molar-refractivity contribution >= 4 is 17.5 Å². The van der Waals surface area contributed by atoms with Gasteiger partial charge in [-0.1, -0.05) is 23.8 Å². The molecule has 0 fully saturated rings. The van der Waals surface area contributed by atoms with E-state index in [1.807, 2.05) is 12.1 Å². The summed E-state index contributed by atoms with van der Waals surface area (Å²) in [4.78, 5) is 15.0. The number of nitrogens with zero attached hydrogens (tertiary/aromatic N) is 1. The summed E-state index contributed by atoms with van der Waals surface area (Å²) in [5, 5.41) is 0. The molecule has 0 aromatic heterocycles. The van der Waals surface area contributed by atoms with Crippen LogP contribution >= 0.6 is 0 Å². The van der Waals surface area contributed by atoms with Crippen molar-refractivity contribution in [2.75, 3.05) is 33.0 Å². The normalized spacial score (nSPS) is 12.8. The predicted molar refractivity (Wildman–Crippen MR) is 129 cm³/mol. The van der Waals surface area contributed by atoms with E-state index in [4.69, 9.17) is 18.9 Å². The van der Waals surface area contributed by atoms with E-state index in [0.29, 0.717) is 36.1 Å². The highest BCUT2D eigenvalue weighted by Crippen LogP contribution is 2.38. The van der Waals surface area contributed by atoms with Crippen LogP contribution in [0.3, 0.4) is 0 Å². The maximum atomic E-state index is 12.9. The molecule has 4 rings (SSSR count). The van der Waals surface area contributed by atoms with Gasteiger partial charge in [0.1, 0.15) is 5.75 Å². The van der Waals surface area contributed by atoms with Crippen molar-refractivity contribution < 1.29 is 23.7 Å². The van der Waals surface area contributed by atoms with E-state index in [0.717, 1.165) is 22.6 Å². The highest BCUT2D eigenvalue weighted by atomic mass is 16.5. The van der Waals surface area contributed by atoms with E-state index < -0.39 is 0 Å². The predicted octanol–water partition coefficient (Wildman–Crippen LogP) is 5.27. The van der Waals surface area contributed by atoms with Crippen molar-refractivity contribution in [2.45, 2.75) is 13.5 Å². The van der Waals surface area contributed by atoms with Crippen LogP contribution in [-0.2, 0) is 6.54 Å². The molecule has 3 aromatic rings. The van der Waals surface area contributed by atoms with Gasteiger partial charge in [-0.25, -0.2) is 0 Å². The summed E-state index contributed by atoms with van der Waals surface area (Å²) >= 11 is 0. The molecule has 6 heteroatoms. The molecule has 0 saturated heterocycles. The number of hydrogen-bond acceptors (Lipinski definition) is 6. The van der Waals surface area contributed by atoms with Gasteiger partial charge in [0.2, 0.25) is 5.75 Å². The van der Waals surface area contributed by atoms with Gasteiger partial charge in [0.25, 0.3) is 0 Å². The molecule has 0 atom stereocenters. The fourth-order valence-corrected chi connectivity index (χ4v) is 3.78. The van der Waals surface area contributed by atoms with E-state index >= 15 is 0 Å². The highest BCUT2D eigenvalue weighted by Gasteiger charge is 2.19. The summed E-state index contributed by atoms with van der Waals surface area (Å²) in [5.74, 6) is 2.29. The van der Waals surface area contributed by atoms with Crippen LogP contribution in [0.15, 0.2) is 60.7 Å². The Hall–Kier alpha value is -3.93. The molecule has 1 aliphatic rings. The van der Waals surface area contributed by atoms with E-state index in [1.54, 1.807) is 51.7 Å². The van der Waals surface area contributed by atoms with Gasteiger partial charge >= 0.3 is 0 Å². The van der Waals surface area contributed by atoms with Gasteiger partial charge in [-0.3, -0.25) is 4.79 Å². The lowest BCUT2D eigenvalue weighted by atomic mass is 10.0. The van der Waals surface area contributed by atoms with Crippen molar-refractivity contribution in [1.82, 2.24) is 0 Å². The Bertz CT molecular complexity index is 1160. The maximum Gasteiger partial charge on any atom is 0.203 e. The Morgan fingerprint density at radius 1 is 0.939 bits per heavy atom. The first kappa shape index (κ1) is 22.3. The summed E-state index contributed by atoms with van der Waals surface area (Å²) in [6, 6.07) is 17.5. The zero-order valence-electron chi connectivity index (χ0n) is 19.3. The number of allylic oxidation sites excluding steroid dienone is 1. The SMILES string of the molecule is COc1cc(/C=C/C(=O)c2ccc3c(c2)CN(c2ccc(C)cc2)CO3)cc(OC)c1OC. The average Bonchev–Trinajstić information content (AvgIpc) is 2.86. The van der Waals surface area contributed by atoms with E-state index in [-0.39, 0.29) is 5.78 Å². The van der Waals surface area contributed by atoms with Gasteiger partial charge in [-0.05, 0) is 61.0 Å². The molecule has 33 heavy (non-hydrogen) atoms. The number of benzene rings is 3. The number of carbonyl (C=O) groups excluding carboxylic acids is 1. The number of rotatable bonds is 7. The van der Waals surface area contributed by atoms with Gasteiger partial charge in [-0.15, -0.1) is 0 Å². The Balaban J connectivity index is 1.54. The maximum absolute atomic E-state index is 12.9. The monoisotopic (exact) mass is 445 g/mol. The van der Waals surface area contributed by atoms with Crippen LogP contribution in [0, 0.1) is 6.92 Å². The number of fused-ring (bicyclic) bond motifs is 1. The number of aryl methyl sites for hydroxylation is 1. The van der Waals surface area contributed by atoms with Crippen LogP contribution < -0.4 is 23.8 Å². The topological polar surface area (TPSA) is 57.2 Å². The Kier molecular flexibility index (Phi) is 6.54. The molecule has 1 aliphatic heterocycles. The molecule has 0 saturated carbocycles. The van der Waals surface area contributed by atoms with E-state index in [9.17, 15) is 4.79 Å². The fourth-order valence-electron chi connectivity index (χ4n) is 3.78. The molecule has 0 bridgehead atoms. The van der Waals surface area contributed by atoms with Crippen LogP contribution in [-0.4, -0.2) is 33.8 Å². The van der Waals surface area contributed by atoms with Gasteiger partial charge in [-0.2, -0.15) is 0 Å². The lowest BCUT2D eigenvalue weighted by Gasteiger charge is -2.31. The van der Waals surface area contributed by atoms with Crippen LogP contribution in [0.1, 0.15) is 27.0 Å². The largest absolute Gasteiger partial charge is 0.493 e. The van der Waals surface area contributed by atoms with Crippen molar-refractivity contribution in [2.24, 2.45) is 0 Å². The molecule has 0 radical (unpaired) electrons. The average molecular weight is 446 g/mol. The molecule has 0 unspecified atom stereocenters.